The number of rotatable bonds is 6. The van der Waals surface area contributed by atoms with Crippen molar-refractivity contribution in [3.05, 3.63) is 49.5 Å². The van der Waals surface area contributed by atoms with Gasteiger partial charge in [0.15, 0.2) is 5.16 Å². The van der Waals surface area contributed by atoms with Crippen LogP contribution in [0.1, 0.15) is 37.1 Å². The predicted octanol–water partition coefficient (Wildman–Crippen LogP) is 3.65. The molecule has 32 heavy (non-hydrogen) atoms. The van der Waals surface area contributed by atoms with Crippen LogP contribution >= 0.6 is 23.1 Å². The molecule has 5 rings (SSSR count). The molecule has 0 bridgehead atoms. The van der Waals surface area contributed by atoms with Crippen molar-refractivity contribution in [2.75, 3.05) is 5.32 Å². The number of imidazole rings is 1. The number of carbonyl (C=O) groups excluding carboxylic acids is 1. The largest absolute Gasteiger partial charge is 0.325 e. The Balaban J connectivity index is 1.42. The van der Waals surface area contributed by atoms with Crippen molar-refractivity contribution in [3.8, 4) is 0 Å². The van der Waals surface area contributed by atoms with E-state index in [4.69, 9.17) is 4.98 Å². The molecule has 1 aromatic carbocycles. The Morgan fingerprint density at radius 1 is 1.28 bits per heavy atom. The summed E-state index contributed by atoms with van der Waals surface area (Å²) >= 11 is 2.91. The summed E-state index contributed by atoms with van der Waals surface area (Å²) in [4.78, 5) is 49.9. The molecule has 0 radical (unpaired) electrons. The van der Waals surface area contributed by atoms with Crippen molar-refractivity contribution >= 4 is 55.9 Å². The molecule has 166 valence electrons. The minimum absolute atomic E-state index is 0.00761. The van der Waals surface area contributed by atoms with Gasteiger partial charge in [-0.15, -0.1) is 11.3 Å². The third-order valence-corrected chi connectivity index (χ3v) is 7.95. The van der Waals surface area contributed by atoms with Crippen LogP contribution in [0.5, 0.6) is 0 Å². The van der Waals surface area contributed by atoms with Gasteiger partial charge in [0, 0.05) is 17.1 Å². The van der Waals surface area contributed by atoms with E-state index in [1.807, 2.05) is 6.92 Å². The van der Waals surface area contributed by atoms with E-state index in [9.17, 15) is 14.4 Å². The fourth-order valence-corrected chi connectivity index (χ4v) is 6.37. The van der Waals surface area contributed by atoms with Crippen molar-refractivity contribution in [1.29, 1.82) is 0 Å². The van der Waals surface area contributed by atoms with E-state index in [2.05, 4.69) is 15.3 Å². The molecule has 1 amide bonds. The maximum absolute atomic E-state index is 13.3. The zero-order valence-electron chi connectivity index (χ0n) is 17.8. The summed E-state index contributed by atoms with van der Waals surface area (Å²) in [5.41, 5.74) is 2.79. The first-order chi connectivity index (χ1) is 15.4. The van der Waals surface area contributed by atoms with Crippen LogP contribution in [0.25, 0.3) is 21.3 Å². The second-order valence-electron chi connectivity index (χ2n) is 7.98. The molecule has 8 nitrogen and oxygen atoms in total. The van der Waals surface area contributed by atoms with Crippen molar-refractivity contribution in [3.63, 3.8) is 0 Å². The number of amides is 1. The molecular formula is C22H23N5O3S2. The van der Waals surface area contributed by atoms with Crippen LogP contribution in [0.3, 0.4) is 0 Å². The molecule has 1 atom stereocenters. The van der Waals surface area contributed by atoms with Gasteiger partial charge in [0.05, 0.1) is 21.7 Å². The van der Waals surface area contributed by atoms with Crippen molar-refractivity contribution in [2.45, 2.75) is 56.5 Å². The van der Waals surface area contributed by atoms with E-state index in [0.717, 1.165) is 35.9 Å². The van der Waals surface area contributed by atoms with Gasteiger partial charge in [0.25, 0.3) is 5.56 Å². The molecule has 4 aromatic rings. The smallest absolute Gasteiger partial charge is 0.323 e. The van der Waals surface area contributed by atoms with Crippen LogP contribution in [-0.4, -0.2) is 30.7 Å². The number of benzene rings is 1. The zero-order valence-corrected chi connectivity index (χ0v) is 19.4. The van der Waals surface area contributed by atoms with E-state index in [0.29, 0.717) is 28.4 Å². The predicted molar refractivity (Wildman–Crippen MR) is 129 cm³/mol. The standard InChI is InChI=1S/C22H23N5O3S2/c1-3-9-27-20(29)17-13-5-4-6-16(13)32-19(17)26-22(27)31-11(2)18(28)23-12-7-8-14-15(10-12)25-21(30)24-14/h7-8,10-11H,3-6,9H2,1-2H3,(H,23,28)(H2,24,25,30). The zero-order chi connectivity index (χ0) is 22.4. The monoisotopic (exact) mass is 469 g/mol. The lowest BCUT2D eigenvalue weighted by Crippen LogP contribution is -2.27. The Kier molecular flexibility index (Phi) is 5.42. The first-order valence-corrected chi connectivity index (χ1v) is 12.4. The first kappa shape index (κ1) is 21.0. The Hall–Kier alpha value is -2.85. The molecule has 0 saturated heterocycles. The third-order valence-electron chi connectivity index (χ3n) is 5.67. The minimum Gasteiger partial charge on any atom is -0.325 e. The Bertz CT molecular complexity index is 1460. The minimum atomic E-state index is -0.463. The van der Waals surface area contributed by atoms with Crippen molar-refractivity contribution < 1.29 is 4.79 Å². The van der Waals surface area contributed by atoms with Gasteiger partial charge in [-0.05, 0) is 56.4 Å². The molecule has 1 aliphatic carbocycles. The molecule has 0 saturated carbocycles. The topological polar surface area (TPSA) is 113 Å². The van der Waals surface area contributed by atoms with E-state index in [1.165, 1.54) is 22.2 Å². The van der Waals surface area contributed by atoms with Crippen LogP contribution in [0, 0.1) is 0 Å². The van der Waals surface area contributed by atoms with Gasteiger partial charge in [-0.2, -0.15) is 0 Å². The summed E-state index contributed by atoms with van der Waals surface area (Å²) in [6, 6.07) is 5.20. The molecule has 1 aliphatic rings. The summed E-state index contributed by atoms with van der Waals surface area (Å²) in [7, 11) is 0. The van der Waals surface area contributed by atoms with E-state index in [1.54, 1.807) is 41.0 Å². The van der Waals surface area contributed by atoms with Crippen LogP contribution in [-0.2, 0) is 24.2 Å². The number of aromatic amines is 2. The Morgan fingerprint density at radius 2 is 2.09 bits per heavy atom. The molecule has 0 fully saturated rings. The number of carbonyl (C=O) groups is 1. The van der Waals surface area contributed by atoms with E-state index < -0.39 is 5.25 Å². The fraction of sp³-hybridized carbons (Fsp3) is 0.364. The van der Waals surface area contributed by atoms with Gasteiger partial charge < -0.3 is 15.3 Å². The third kappa shape index (κ3) is 3.67. The number of fused-ring (bicyclic) bond motifs is 4. The summed E-state index contributed by atoms with van der Waals surface area (Å²) in [6.07, 6.45) is 3.87. The number of thioether (sulfide) groups is 1. The van der Waals surface area contributed by atoms with Crippen LogP contribution < -0.4 is 16.6 Å². The van der Waals surface area contributed by atoms with Crippen LogP contribution in [0.2, 0.25) is 0 Å². The Labute approximate surface area is 191 Å². The SMILES string of the molecule is CCCn1c(SC(C)C(=O)Nc2ccc3[nH]c(=O)[nH]c3c2)nc2sc3c(c2c1=O)CCC3. The lowest BCUT2D eigenvalue weighted by Gasteiger charge is -2.15. The number of hydrogen-bond donors (Lipinski definition) is 3. The van der Waals surface area contributed by atoms with Crippen molar-refractivity contribution in [2.24, 2.45) is 0 Å². The van der Waals surface area contributed by atoms with E-state index in [-0.39, 0.29) is 17.2 Å². The summed E-state index contributed by atoms with van der Waals surface area (Å²) in [6.45, 7) is 4.40. The average molecular weight is 470 g/mol. The van der Waals surface area contributed by atoms with Crippen LogP contribution in [0.4, 0.5) is 5.69 Å². The molecule has 1 unspecified atom stereocenters. The lowest BCUT2D eigenvalue weighted by atomic mass is 10.2. The second-order valence-corrected chi connectivity index (χ2v) is 10.4. The van der Waals surface area contributed by atoms with Crippen LogP contribution in [0.15, 0.2) is 32.9 Å². The molecule has 0 spiro atoms. The number of nitrogens with one attached hydrogen (secondary N) is 3. The number of aryl methyl sites for hydroxylation is 2. The number of anilines is 1. The van der Waals surface area contributed by atoms with E-state index >= 15 is 0 Å². The highest BCUT2D eigenvalue weighted by Crippen LogP contribution is 2.36. The molecule has 3 N–H and O–H groups in total. The van der Waals surface area contributed by atoms with Gasteiger partial charge in [0.1, 0.15) is 4.83 Å². The summed E-state index contributed by atoms with van der Waals surface area (Å²) in [5, 5.41) is 3.78. The number of thiophene rings is 1. The highest BCUT2D eigenvalue weighted by atomic mass is 32.2. The summed E-state index contributed by atoms with van der Waals surface area (Å²) < 4.78 is 1.72. The molecule has 3 aromatic heterocycles. The van der Waals surface area contributed by atoms with Gasteiger partial charge in [-0.3, -0.25) is 14.2 Å². The summed E-state index contributed by atoms with van der Waals surface area (Å²) in [5.74, 6) is -0.196. The normalized spacial score (nSPS) is 14.2. The number of H-pyrrole nitrogens is 2. The highest BCUT2D eigenvalue weighted by Gasteiger charge is 2.25. The number of nitrogens with zero attached hydrogens (tertiary/aromatic N) is 2. The Morgan fingerprint density at radius 3 is 2.91 bits per heavy atom. The van der Waals surface area contributed by atoms with Gasteiger partial charge in [-0.25, -0.2) is 9.78 Å². The lowest BCUT2D eigenvalue weighted by molar-refractivity contribution is -0.115. The molecule has 3 heterocycles. The maximum Gasteiger partial charge on any atom is 0.323 e. The fourth-order valence-electron chi connectivity index (χ4n) is 4.13. The average Bonchev–Trinajstić information content (AvgIpc) is 3.43. The van der Waals surface area contributed by atoms with Gasteiger partial charge in [-0.1, -0.05) is 18.7 Å². The first-order valence-electron chi connectivity index (χ1n) is 10.7. The molecular weight excluding hydrogens is 446 g/mol. The van der Waals surface area contributed by atoms with Gasteiger partial charge in [0.2, 0.25) is 5.91 Å². The molecule has 0 aliphatic heterocycles. The van der Waals surface area contributed by atoms with Crippen molar-refractivity contribution in [1.82, 2.24) is 19.5 Å². The number of hydrogen-bond acceptors (Lipinski definition) is 6. The maximum atomic E-state index is 13.3. The molecule has 10 heteroatoms. The second kappa shape index (κ2) is 8.25. The number of aromatic nitrogens is 4. The van der Waals surface area contributed by atoms with Gasteiger partial charge >= 0.3 is 5.69 Å². The highest BCUT2D eigenvalue weighted by molar-refractivity contribution is 8.00. The quantitative estimate of drug-likeness (QED) is 0.295.